The maximum absolute atomic E-state index is 12.8. The van der Waals surface area contributed by atoms with E-state index in [1.165, 1.54) is 0 Å². The molecule has 0 saturated carbocycles. The van der Waals surface area contributed by atoms with Gasteiger partial charge >= 0.3 is 6.36 Å². The molecule has 1 aromatic heterocycles. The summed E-state index contributed by atoms with van der Waals surface area (Å²) in [6, 6.07) is 0. The molecule has 1 heterocycles. The van der Waals surface area contributed by atoms with Gasteiger partial charge in [-0.1, -0.05) is 0 Å². The number of rotatable bonds is 4. The first-order valence-electron chi connectivity index (χ1n) is 4.45. The second-order valence-corrected chi connectivity index (χ2v) is 3.27. The Kier molecular flexibility index (Phi) is 4.55. The number of halogens is 6. The Hall–Kier alpha value is -1.31. The summed E-state index contributed by atoms with van der Waals surface area (Å²) in [5, 5.41) is 0. The maximum Gasteiger partial charge on any atom is 0.574 e. The van der Waals surface area contributed by atoms with Gasteiger partial charge in [-0.3, -0.25) is 0 Å². The molecule has 18 heavy (non-hydrogen) atoms. The Bertz CT molecular complexity index is 424. The predicted octanol–water partition coefficient (Wildman–Crippen LogP) is 3.67. The number of hydrogen-bond acceptors (Lipinski definition) is 3. The molecule has 102 valence electrons. The van der Waals surface area contributed by atoms with Crippen LogP contribution in [0.4, 0.5) is 22.0 Å². The second kappa shape index (κ2) is 5.55. The highest BCUT2D eigenvalue weighted by Crippen LogP contribution is 2.38. The van der Waals surface area contributed by atoms with Gasteiger partial charge in [0.25, 0.3) is 6.43 Å². The summed E-state index contributed by atoms with van der Waals surface area (Å²) in [7, 11) is 1.09. The number of hydrogen-bond donors (Lipinski definition) is 0. The van der Waals surface area contributed by atoms with Crippen LogP contribution < -0.4 is 9.47 Å². The summed E-state index contributed by atoms with van der Waals surface area (Å²) in [6.07, 6.45) is -7.38. The third kappa shape index (κ3) is 3.34. The van der Waals surface area contributed by atoms with Crippen LogP contribution in [0.3, 0.4) is 0 Å². The van der Waals surface area contributed by atoms with Crippen molar-refractivity contribution in [3.05, 3.63) is 17.3 Å². The molecule has 1 rings (SSSR count). The molecule has 0 atom stereocenters. The van der Waals surface area contributed by atoms with Gasteiger partial charge in [0.2, 0.25) is 5.88 Å². The molecule has 0 N–H and O–H groups in total. The maximum atomic E-state index is 12.8. The first-order chi connectivity index (χ1) is 8.30. The Balaban J connectivity index is 3.33. The van der Waals surface area contributed by atoms with Crippen LogP contribution in [0.5, 0.6) is 11.6 Å². The molecular formula is C9H7ClF5NO2. The minimum absolute atomic E-state index is 0.352. The van der Waals surface area contributed by atoms with Crippen molar-refractivity contribution >= 4 is 11.6 Å². The van der Waals surface area contributed by atoms with Gasteiger partial charge in [-0.15, -0.1) is 24.8 Å². The molecular weight excluding hydrogens is 285 g/mol. The molecule has 3 nitrogen and oxygen atoms in total. The molecule has 9 heteroatoms. The van der Waals surface area contributed by atoms with Crippen molar-refractivity contribution in [3.8, 4) is 11.6 Å². The van der Waals surface area contributed by atoms with Gasteiger partial charge in [-0.2, -0.15) is 0 Å². The summed E-state index contributed by atoms with van der Waals surface area (Å²) >= 11 is 5.36. The Morgan fingerprint density at radius 1 is 1.39 bits per heavy atom. The topological polar surface area (TPSA) is 31.4 Å². The monoisotopic (exact) mass is 291 g/mol. The van der Waals surface area contributed by atoms with Crippen LogP contribution >= 0.6 is 11.6 Å². The average molecular weight is 292 g/mol. The smallest absolute Gasteiger partial charge is 0.495 e. The van der Waals surface area contributed by atoms with Crippen LogP contribution in [-0.2, 0) is 5.88 Å². The zero-order valence-corrected chi connectivity index (χ0v) is 9.65. The molecule has 0 radical (unpaired) electrons. The van der Waals surface area contributed by atoms with Crippen molar-refractivity contribution in [3.63, 3.8) is 0 Å². The van der Waals surface area contributed by atoms with Crippen LogP contribution in [-0.4, -0.2) is 18.5 Å². The highest BCUT2D eigenvalue weighted by Gasteiger charge is 2.34. The zero-order valence-electron chi connectivity index (χ0n) is 8.89. The van der Waals surface area contributed by atoms with E-state index in [0.29, 0.717) is 0 Å². The standard InChI is InChI=1S/C9H7ClF5NO2/c1-17-5-3-16-8(18-9(13,14)15)4(2-10)6(5)7(11)12/h3,7H,2H2,1H3. The summed E-state index contributed by atoms with van der Waals surface area (Å²) < 4.78 is 69.8. The van der Waals surface area contributed by atoms with E-state index in [1.54, 1.807) is 0 Å². The van der Waals surface area contributed by atoms with E-state index in [-0.39, 0.29) is 5.75 Å². The van der Waals surface area contributed by atoms with Gasteiger partial charge in [0, 0.05) is 5.56 Å². The largest absolute Gasteiger partial charge is 0.574 e. The summed E-state index contributed by atoms with van der Waals surface area (Å²) in [5.74, 6) is -1.97. The fraction of sp³-hybridized carbons (Fsp3) is 0.444. The van der Waals surface area contributed by atoms with E-state index < -0.39 is 35.7 Å². The highest BCUT2D eigenvalue weighted by atomic mass is 35.5. The van der Waals surface area contributed by atoms with E-state index >= 15 is 0 Å². The van der Waals surface area contributed by atoms with Gasteiger partial charge in [-0.05, 0) is 0 Å². The second-order valence-electron chi connectivity index (χ2n) is 3.01. The van der Waals surface area contributed by atoms with Crippen molar-refractivity contribution < 1.29 is 31.4 Å². The predicted molar refractivity (Wildman–Crippen MR) is 52.0 cm³/mol. The van der Waals surface area contributed by atoms with E-state index in [9.17, 15) is 22.0 Å². The first kappa shape index (κ1) is 14.7. The average Bonchev–Trinajstić information content (AvgIpc) is 2.26. The zero-order chi connectivity index (χ0) is 13.9. The van der Waals surface area contributed by atoms with Gasteiger partial charge in [0.1, 0.15) is 5.75 Å². The van der Waals surface area contributed by atoms with Crippen LogP contribution in [0.1, 0.15) is 17.6 Å². The normalized spacial score (nSPS) is 11.8. The van der Waals surface area contributed by atoms with Crippen molar-refractivity contribution in [1.29, 1.82) is 0 Å². The van der Waals surface area contributed by atoms with Gasteiger partial charge < -0.3 is 9.47 Å². The quantitative estimate of drug-likeness (QED) is 0.626. The lowest BCUT2D eigenvalue weighted by Crippen LogP contribution is -2.19. The lowest BCUT2D eigenvalue weighted by Gasteiger charge is -2.16. The van der Waals surface area contributed by atoms with Crippen molar-refractivity contribution in [2.75, 3.05) is 7.11 Å². The number of alkyl halides is 6. The van der Waals surface area contributed by atoms with Crippen LogP contribution in [0.25, 0.3) is 0 Å². The van der Waals surface area contributed by atoms with Crippen LogP contribution in [0.15, 0.2) is 6.20 Å². The summed E-state index contributed by atoms with van der Waals surface area (Å²) in [6.45, 7) is 0. The number of aromatic nitrogens is 1. The van der Waals surface area contributed by atoms with Gasteiger partial charge in [-0.25, -0.2) is 13.8 Å². The first-order valence-corrected chi connectivity index (χ1v) is 4.99. The third-order valence-electron chi connectivity index (χ3n) is 1.93. The van der Waals surface area contributed by atoms with E-state index in [2.05, 4.69) is 14.5 Å². The minimum Gasteiger partial charge on any atom is -0.495 e. The summed E-state index contributed by atoms with van der Waals surface area (Å²) in [4.78, 5) is 3.26. The number of pyridine rings is 1. The summed E-state index contributed by atoms with van der Waals surface area (Å²) in [5.41, 5.74) is -1.31. The van der Waals surface area contributed by atoms with E-state index in [0.717, 1.165) is 13.3 Å². The highest BCUT2D eigenvalue weighted by molar-refractivity contribution is 6.17. The molecule has 0 aliphatic heterocycles. The molecule has 0 unspecified atom stereocenters. The molecule has 0 aliphatic rings. The lowest BCUT2D eigenvalue weighted by molar-refractivity contribution is -0.276. The fourth-order valence-corrected chi connectivity index (χ4v) is 1.52. The Labute approximate surface area is 103 Å². The number of ether oxygens (including phenoxy) is 2. The number of methoxy groups -OCH3 is 1. The molecule has 0 fully saturated rings. The molecule has 0 amide bonds. The van der Waals surface area contributed by atoms with Gasteiger partial charge in [0.15, 0.2) is 0 Å². The van der Waals surface area contributed by atoms with Crippen LogP contribution in [0, 0.1) is 0 Å². The number of nitrogens with zero attached hydrogens (tertiary/aromatic N) is 1. The molecule has 0 saturated heterocycles. The molecule has 0 bridgehead atoms. The molecule has 0 aliphatic carbocycles. The molecule has 0 aromatic carbocycles. The van der Waals surface area contributed by atoms with Crippen molar-refractivity contribution in [1.82, 2.24) is 4.98 Å². The SMILES string of the molecule is COc1cnc(OC(F)(F)F)c(CCl)c1C(F)F. The van der Waals surface area contributed by atoms with Crippen molar-refractivity contribution in [2.45, 2.75) is 18.7 Å². The third-order valence-corrected chi connectivity index (χ3v) is 2.20. The minimum atomic E-state index is -5.04. The van der Waals surface area contributed by atoms with E-state index in [4.69, 9.17) is 11.6 Å². The van der Waals surface area contributed by atoms with Crippen molar-refractivity contribution in [2.24, 2.45) is 0 Å². The molecule has 0 spiro atoms. The Morgan fingerprint density at radius 3 is 2.39 bits per heavy atom. The fourth-order valence-electron chi connectivity index (χ4n) is 1.26. The Morgan fingerprint density at radius 2 is 2.00 bits per heavy atom. The van der Waals surface area contributed by atoms with Gasteiger partial charge in [0.05, 0.1) is 24.8 Å². The van der Waals surface area contributed by atoms with E-state index in [1.807, 2.05) is 0 Å². The van der Waals surface area contributed by atoms with Crippen LogP contribution in [0.2, 0.25) is 0 Å². The molecule has 1 aromatic rings. The lowest BCUT2D eigenvalue weighted by atomic mass is 10.1.